The van der Waals surface area contributed by atoms with Gasteiger partial charge >= 0.3 is 0 Å². The van der Waals surface area contributed by atoms with Crippen molar-refractivity contribution in [2.75, 3.05) is 0 Å². The van der Waals surface area contributed by atoms with Crippen LogP contribution < -0.4 is 0 Å². The van der Waals surface area contributed by atoms with E-state index in [1.54, 1.807) is 0 Å². The SMILES string of the molecule is Cc1cc(-c2cnn(C3CCC3)c2)nc2ccc(C#N)cc12.Cl. The van der Waals surface area contributed by atoms with Gasteiger partial charge in [-0.05, 0) is 56.0 Å². The fraction of sp³-hybridized carbons (Fsp3) is 0.278. The molecule has 4 nitrogen and oxygen atoms in total. The van der Waals surface area contributed by atoms with Crippen molar-refractivity contribution in [3.05, 3.63) is 47.8 Å². The number of nitriles is 1. The van der Waals surface area contributed by atoms with Crippen LogP contribution in [-0.4, -0.2) is 14.8 Å². The Balaban J connectivity index is 0.00000156. The molecule has 2 heterocycles. The van der Waals surface area contributed by atoms with Gasteiger partial charge in [0.05, 0.1) is 35.1 Å². The summed E-state index contributed by atoms with van der Waals surface area (Å²) in [6, 6.07) is 10.5. The summed E-state index contributed by atoms with van der Waals surface area (Å²) in [7, 11) is 0. The number of hydrogen-bond acceptors (Lipinski definition) is 3. The lowest BCUT2D eigenvalue weighted by atomic mass is 9.93. The van der Waals surface area contributed by atoms with Crippen LogP contribution >= 0.6 is 12.4 Å². The van der Waals surface area contributed by atoms with E-state index in [0.29, 0.717) is 11.6 Å². The molecule has 0 bridgehead atoms. The Morgan fingerprint density at radius 1 is 1.26 bits per heavy atom. The first-order valence-corrected chi connectivity index (χ1v) is 7.60. The third-order valence-electron chi connectivity index (χ3n) is 4.49. The van der Waals surface area contributed by atoms with Crippen molar-refractivity contribution in [1.29, 1.82) is 5.26 Å². The lowest BCUT2D eigenvalue weighted by Gasteiger charge is -2.25. The first-order chi connectivity index (χ1) is 10.7. The van der Waals surface area contributed by atoms with Gasteiger partial charge in [-0.25, -0.2) is 4.98 Å². The van der Waals surface area contributed by atoms with E-state index >= 15 is 0 Å². The summed E-state index contributed by atoms with van der Waals surface area (Å²) in [5.41, 5.74) is 4.73. The molecule has 0 spiro atoms. The Morgan fingerprint density at radius 3 is 2.78 bits per heavy atom. The van der Waals surface area contributed by atoms with E-state index in [1.807, 2.05) is 24.4 Å². The second kappa shape index (κ2) is 6.02. The molecule has 0 radical (unpaired) electrons. The Labute approximate surface area is 141 Å². The van der Waals surface area contributed by atoms with E-state index in [0.717, 1.165) is 27.7 Å². The van der Waals surface area contributed by atoms with Gasteiger partial charge in [0.2, 0.25) is 0 Å². The molecule has 1 aromatic carbocycles. The minimum Gasteiger partial charge on any atom is -0.269 e. The standard InChI is InChI=1S/C18H16N4.ClH/c1-12-7-18(14-10-20-22(11-14)15-3-2-4-15)21-17-6-5-13(9-19)8-16(12)17;/h5-8,10-11,15H,2-4H2,1H3;1H. The molecule has 23 heavy (non-hydrogen) atoms. The van der Waals surface area contributed by atoms with Crippen LogP contribution in [-0.2, 0) is 0 Å². The molecule has 0 atom stereocenters. The van der Waals surface area contributed by atoms with Gasteiger partial charge in [-0.15, -0.1) is 12.4 Å². The van der Waals surface area contributed by atoms with Crippen molar-refractivity contribution in [3.63, 3.8) is 0 Å². The van der Waals surface area contributed by atoms with Crippen LogP contribution in [0, 0.1) is 18.3 Å². The average Bonchev–Trinajstić information content (AvgIpc) is 2.94. The summed E-state index contributed by atoms with van der Waals surface area (Å²) >= 11 is 0. The number of nitrogens with zero attached hydrogens (tertiary/aromatic N) is 4. The molecule has 1 aliphatic carbocycles. The van der Waals surface area contributed by atoms with Gasteiger partial charge in [-0.3, -0.25) is 4.68 Å². The molecule has 1 aliphatic rings. The predicted molar refractivity (Wildman–Crippen MR) is 92.6 cm³/mol. The number of pyridine rings is 1. The monoisotopic (exact) mass is 324 g/mol. The van der Waals surface area contributed by atoms with Gasteiger partial charge in [-0.1, -0.05) is 0 Å². The maximum atomic E-state index is 9.02. The van der Waals surface area contributed by atoms with Crippen LogP contribution in [0.15, 0.2) is 36.7 Å². The number of halogens is 1. The van der Waals surface area contributed by atoms with E-state index < -0.39 is 0 Å². The zero-order chi connectivity index (χ0) is 15.1. The Morgan fingerprint density at radius 2 is 2.09 bits per heavy atom. The van der Waals surface area contributed by atoms with E-state index in [4.69, 9.17) is 10.2 Å². The summed E-state index contributed by atoms with van der Waals surface area (Å²) < 4.78 is 2.07. The Bertz CT molecular complexity index is 903. The summed E-state index contributed by atoms with van der Waals surface area (Å²) in [5, 5.41) is 14.5. The van der Waals surface area contributed by atoms with Crippen LogP contribution in [0.4, 0.5) is 0 Å². The largest absolute Gasteiger partial charge is 0.269 e. The molecule has 1 fully saturated rings. The van der Waals surface area contributed by atoms with Crippen molar-refractivity contribution in [2.24, 2.45) is 0 Å². The quantitative estimate of drug-likeness (QED) is 0.701. The number of benzene rings is 1. The molecule has 1 saturated carbocycles. The minimum atomic E-state index is 0. The molecule has 0 N–H and O–H groups in total. The predicted octanol–water partition coefficient (Wildman–Crippen LogP) is 4.43. The van der Waals surface area contributed by atoms with E-state index in [9.17, 15) is 0 Å². The third kappa shape index (κ3) is 2.69. The summed E-state index contributed by atoms with van der Waals surface area (Å²) in [4.78, 5) is 4.74. The maximum Gasteiger partial charge on any atom is 0.0991 e. The zero-order valence-electron chi connectivity index (χ0n) is 12.9. The number of rotatable bonds is 2. The number of fused-ring (bicyclic) bond motifs is 1. The number of aryl methyl sites for hydroxylation is 1. The molecular formula is C18H17ClN4. The summed E-state index contributed by atoms with van der Waals surface area (Å²) in [6.45, 7) is 2.06. The van der Waals surface area contributed by atoms with Crippen LogP contribution in [0.3, 0.4) is 0 Å². The zero-order valence-corrected chi connectivity index (χ0v) is 13.7. The first kappa shape index (κ1) is 15.5. The van der Waals surface area contributed by atoms with Gasteiger partial charge in [-0.2, -0.15) is 10.4 Å². The second-order valence-electron chi connectivity index (χ2n) is 5.96. The molecule has 0 unspecified atom stereocenters. The molecule has 0 saturated heterocycles. The first-order valence-electron chi connectivity index (χ1n) is 7.60. The van der Waals surface area contributed by atoms with Crippen LogP contribution in [0.2, 0.25) is 0 Å². The summed E-state index contributed by atoms with van der Waals surface area (Å²) in [5.74, 6) is 0. The van der Waals surface area contributed by atoms with Crippen LogP contribution in [0.5, 0.6) is 0 Å². The summed E-state index contributed by atoms with van der Waals surface area (Å²) in [6.07, 6.45) is 7.75. The molecule has 0 amide bonds. The van der Waals surface area contributed by atoms with Crippen LogP contribution in [0.1, 0.15) is 36.4 Å². The van der Waals surface area contributed by atoms with E-state index in [2.05, 4.69) is 35.0 Å². The van der Waals surface area contributed by atoms with Gasteiger partial charge in [0.1, 0.15) is 0 Å². The van der Waals surface area contributed by atoms with Crippen molar-refractivity contribution < 1.29 is 0 Å². The van der Waals surface area contributed by atoms with Gasteiger partial charge in [0.15, 0.2) is 0 Å². The molecule has 0 aliphatic heterocycles. The fourth-order valence-corrected chi connectivity index (χ4v) is 2.93. The lowest BCUT2D eigenvalue weighted by Crippen LogP contribution is -2.16. The molecule has 3 aromatic rings. The van der Waals surface area contributed by atoms with Crippen molar-refractivity contribution in [2.45, 2.75) is 32.2 Å². The normalized spacial score (nSPS) is 14.1. The highest BCUT2D eigenvalue weighted by Crippen LogP contribution is 2.32. The van der Waals surface area contributed by atoms with Gasteiger partial charge in [0, 0.05) is 17.1 Å². The molecule has 2 aromatic heterocycles. The fourth-order valence-electron chi connectivity index (χ4n) is 2.93. The molecule has 116 valence electrons. The second-order valence-corrected chi connectivity index (χ2v) is 5.96. The van der Waals surface area contributed by atoms with Crippen LogP contribution in [0.25, 0.3) is 22.2 Å². The molecule has 5 heteroatoms. The Kier molecular flexibility index (Phi) is 4.06. The average molecular weight is 325 g/mol. The lowest BCUT2D eigenvalue weighted by molar-refractivity contribution is 0.289. The smallest absolute Gasteiger partial charge is 0.0991 e. The van der Waals surface area contributed by atoms with Crippen molar-refractivity contribution in [1.82, 2.24) is 14.8 Å². The molecule has 4 rings (SSSR count). The third-order valence-corrected chi connectivity index (χ3v) is 4.49. The topological polar surface area (TPSA) is 54.5 Å². The van der Waals surface area contributed by atoms with E-state index in [-0.39, 0.29) is 12.4 Å². The maximum absolute atomic E-state index is 9.02. The highest BCUT2D eigenvalue weighted by molar-refractivity contribution is 5.86. The highest BCUT2D eigenvalue weighted by Gasteiger charge is 2.20. The minimum absolute atomic E-state index is 0. The van der Waals surface area contributed by atoms with Crippen molar-refractivity contribution in [3.8, 4) is 17.3 Å². The van der Waals surface area contributed by atoms with Gasteiger partial charge in [0.25, 0.3) is 0 Å². The van der Waals surface area contributed by atoms with Gasteiger partial charge < -0.3 is 0 Å². The van der Waals surface area contributed by atoms with Crippen molar-refractivity contribution >= 4 is 23.3 Å². The molecular weight excluding hydrogens is 308 g/mol. The Hall–Kier alpha value is -2.38. The van der Waals surface area contributed by atoms with E-state index in [1.165, 1.54) is 19.3 Å². The highest BCUT2D eigenvalue weighted by atomic mass is 35.5. The number of hydrogen-bond donors (Lipinski definition) is 0. The number of aromatic nitrogens is 3.